The SMILES string of the molecule is COc1nc(N2C3CCC2CC(N)C3)c2cc(Cl)c(-c3ccc(F)c4sc(N)nc34)c(F)c2n1. The van der Waals surface area contributed by atoms with E-state index in [0.29, 0.717) is 16.8 Å². The second-order valence-electron chi connectivity index (χ2n) is 8.83. The Morgan fingerprint density at radius 1 is 1.12 bits per heavy atom. The molecule has 0 radical (unpaired) electrons. The first-order chi connectivity index (χ1) is 16.4. The van der Waals surface area contributed by atoms with Gasteiger partial charge in [-0.1, -0.05) is 22.9 Å². The van der Waals surface area contributed by atoms with Crippen LogP contribution in [-0.4, -0.2) is 40.2 Å². The third kappa shape index (κ3) is 3.19. The van der Waals surface area contributed by atoms with Gasteiger partial charge >= 0.3 is 6.01 Å². The maximum absolute atomic E-state index is 16.2. The minimum absolute atomic E-state index is 0.0612. The monoisotopic (exact) mass is 502 g/mol. The molecule has 0 aliphatic carbocycles. The molecule has 11 heteroatoms. The van der Waals surface area contributed by atoms with E-state index in [0.717, 1.165) is 37.0 Å². The summed E-state index contributed by atoms with van der Waals surface area (Å²) in [6, 6.07) is 5.02. The molecule has 2 atom stereocenters. The van der Waals surface area contributed by atoms with Gasteiger partial charge in [0.15, 0.2) is 10.9 Å². The van der Waals surface area contributed by atoms with Crippen LogP contribution in [0.1, 0.15) is 25.7 Å². The zero-order chi connectivity index (χ0) is 23.7. The van der Waals surface area contributed by atoms with Gasteiger partial charge in [0.25, 0.3) is 0 Å². The van der Waals surface area contributed by atoms with Crippen LogP contribution in [-0.2, 0) is 0 Å². The normalized spacial score (nSPS) is 22.1. The van der Waals surface area contributed by atoms with E-state index >= 15 is 4.39 Å². The summed E-state index contributed by atoms with van der Waals surface area (Å²) < 4.78 is 36.1. The van der Waals surface area contributed by atoms with E-state index in [-0.39, 0.29) is 55.6 Å². The molecule has 6 rings (SSSR count). The van der Waals surface area contributed by atoms with Crippen molar-refractivity contribution in [2.45, 2.75) is 43.8 Å². The highest BCUT2D eigenvalue weighted by molar-refractivity contribution is 7.22. The van der Waals surface area contributed by atoms with Crippen molar-refractivity contribution in [3.8, 4) is 17.1 Å². The van der Waals surface area contributed by atoms with Gasteiger partial charge in [0.05, 0.1) is 22.3 Å². The predicted molar refractivity (Wildman–Crippen MR) is 131 cm³/mol. The van der Waals surface area contributed by atoms with Crippen molar-refractivity contribution >= 4 is 55.0 Å². The summed E-state index contributed by atoms with van der Waals surface area (Å²) in [5.41, 5.74) is 12.8. The van der Waals surface area contributed by atoms with Crippen molar-refractivity contribution in [1.82, 2.24) is 15.0 Å². The van der Waals surface area contributed by atoms with Crippen LogP contribution in [0, 0.1) is 11.6 Å². The number of benzene rings is 2. The van der Waals surface area contributed by atoms with E-state index in [9.17, 15) is 4.39 Å². The number of ether oxygens (including phenoxy) is 1. The van der Waals surface area contributed by atoms with E-state index in [4.69, 9.17) is 27.8 Å². The van der Waals surface area contributed by atoms with Crippen LogP contribution in [0.15, 0.2) is 18.2 Å². The highest BCUT2D eigenvalue weighted by Gasteiger charge is 2.41. The standard InChI is InChI=1S/C23H21ClF2N6OS/c1-33-23-30-18-13(21(31-23)32-10-2-3-11(32)7-9(27)6-10)8-14(24)16(17(18)26)12-4-5-15(25)20-19(12)29-22(28)34-20/h4-5,8-11H,2-3,6-7,27H2,1H3,(H2,28,29). The molecule has 2 aliphatic rings. The molecule has 4 aromatic rings. The summed E-state index contributed by atoms with van der Waals surface area (Å²) in [5.74, 6) is -0.531. The Balaban J connectivity index is 1.60. The zero-order valence-electron chi connectivity index (χ0n) is 18.2. The number of nitrogen functional groups attached to an aromatic ring is 1. The Hall–Kier alpha value is -2.82. The summed E-state index contributed by atoms with van der Waals surface area (Å²) in [5, 5.41) is 0.833. The van der Waals surface area contributed by atoms with Gasteiger partial charge in [-0.2, -0.15) is 9.97 Å². The molecule has 176 valence electrons. The van der Waals surface area contributed by atoms with Crippen LogP contribution in [0.25, 0.3) is 32.2 Å². The molecule has 34 heavy (non-hydrogen) atoms. The number of halogens is 3. The van der Waals surface area contributed by atoms with Gasteiger partial charge in [0.2, 0.25) is 0 Å². The zero-order valence-corrected chi connectivity index (χ0v) is 19.8. The molecule has 4 heterocycles. The number of nitrogens with zero attached hydrogens (tertiary/aromatic N) is 4. The van der Waals surface area contributed by atoms with Crippen molar-refractivity contribution in [2.24, 2.45) is 5.73 Å². The van der Waals surface area contributed by atoms with Gasteiger partial charge in [-0.25, -0.2) is 13.8 Å². The fourth-order valence-corrected chi connectivity index (χ4v) is 6.51. The molecule has 4 N–H and O–H groups in total. The molecule has 2 aromatic carbocycles. The molecule has 2 bridgehead atoms. The van der Waals surface area contributed by atoms with Gasteiger partial charge < -0.3 is 21.1 Å². The smallest absolute Gasteiger partial charge is 0.318 e. The average Bonchev–Trinajstić information content (AvgIpc) is 3.32. The number of thiazole rings is 1. The number of rotatable bonds is 3. The van der Waals surface area contributed by atoms with Crippen molar-refractivity contribution in [3.63, 3.8) is 0 Å². The van der Waals surface area contributed by atoms with Gasteiger partial charge in [0.1, 0.15) is 17.2 Å². The van der Waals surface area contributed by atoms with Gasteiger partial charge in [-0.05, 0) is 43.9 Å². The van der Waals surface area contributed by atoms with E-state index < -0.39 is 11.6 Å². The Morgan fingerprint density at radius 3 is 2.56 bits per heavy atom. The van der Waals surface area contributed by atoms with Gasteiger partial charge in [0, 0.05) is 34.6 Å². The van der Waals surface area contributed by atoms with Crippen molar-refractivity contribution in [1.29, 1.82) is 0 Å². The average molecular weight is 503 g/mol. The molecule has 0 saturated carbocycles. The topological polar surface area (TPSA) is 103 Å². The third-order valence-electron chi connectivity index (χ3n) is 6.82. The summed E-state index contributed by atoms with van der Waals surface area (Å²) in [4.78, 5) is 15.4. The number of nitrogens with two attached hydrogens (primary N) is 2. The first-order valence-corrected chi connectivity index (χ1v) is 12.2. The van der Waals surface area contributed by atoms with Crippen molar-refractivity contribution in [3.05, 3.63) is 34.9 Å². The highest BCUT2D eigenvalue weighted by atomic mass is 35.5. The van der Waals surface area contributed by atoms with Crippen LogP contribution in [0.5, 0.6) is 6.01 Å². The van der Waals surface area contributed by atoms with Crippen LogP contribution in [0.3, 0.4) is 0 Å². The lowest BCUT2D eigenvalue weighted by Crippen LogP contribution is -2.48. The van der Waals surface area contributed by atoms with E-state index in [1.54, 1.807) is 6.07 Å². The number of methoxy groups -OCH3 is 1. The fraction of sp³-hybridized carbons (Fsp3) is 0.348. The Morgan fingerprint density at radius 2 is 1.85 bits per heavy atom. The van der Waals surface area contributed by atoms with E-state index in [2.05, 4.69) is 19.9 Å². The second-order valence-corrected chi connectivity index (χ2v) is 10.3. The first-order valence-electron chi connectivity index (χ1n) is 11.0. The Bertz CT molecular complexity index is 1450. The van der Waals surface area contributed by atoms with Crippen LogP contribution < -0.4 is 21.1 Å². The minimum atomic E-state index is -0.648. The quantitative estimate of drug-likeness (QED) is 0.411. The highest BCUT2D eigenvalue weighted by Crippen LogP contribution is 2.45. The lowest BCUT2D eigenvalue weighted by Gasteiger charge is -2.39. The summed E-state index contributed by atoms with van der Waals surface area (Å²) in [7, 11) is 1.45. The number of piperidine rings is 1. The van der Waals surface area contributed by atoms with Crippen LogP contribution in [0.4, 0.5) is 19.7 Å². The van der Waals surface area contributed by atoms with Gasteiger partial charge in [-0.15, -0.1) is 0 Å². The third-order valence-corrected chi connectivity index (χ3v) is 8.01. The summed E-state index contributed by atoms with van der Waals surface area (Å²) in [6.07, 6.45) is 3.69. The molecule has 0 spiro atoms. The molecule has 7 nitrogen and oxygen atoms in total. The largest absolute Gasteiger partial charge is 0.467 e. The summed E-state index contributed by atoms with van der Waals surface area (Å²) in [6.45, 7) is 0. The second kappa shape index (κ2) is 7.86. The maximum atomic E-state index is 16.2. The molecule has 2 aliphatic heterocycles. The Labute approximate surface area is 202 Å². The predicted octanol–water partition coefficient (Wildman–Crippen LogP) is 4.89. The number of aromatic nitrogens is 3. The van der Waals surface area contributed by atoms with E-state index in [1.807, 2.05) is 0 Å². The van der Waals surface area contributed by atoms with Crippen molar-refractivity contribution < 1.29 is 13.5 Å². The number of anilines is 2. The minimum Gasteiger partial charge on any atom is -0.467 e. The molecule has 2 unspecified atom stereocenters. The molecule has 0 amide bonds. The van der Waals surface area contributed by atoms with Crippen molar-refractivity contribution in [2.75, 3.05) is 17.7 Å². The molecule has 2 aromatic heterocycles. The lowest BCUT2D eigenvalue weighted by atomic mass is 9.97. The maximum Gasteiger partial charge on any atom is 0.318 e. The molecule has 2 saturated heterocycles. The molecular formula is C23H21ClF2N6OS. The summed E-state index contributed by atoms with van der Waals surface area (Å²) >= 11 is 7.67. The van der Waals surface area contributed by atoms with Crippen LogP contribution >= 0.6 is 22.9 Å². The van der Waals surface area contributed by atoms with E-state index in [1.165, 1.54) is 19.2 Å². The lowest BCUT2D eigenvalue weighted by molar-refractivity contribution is 0.376. The molecular weight excluding hydrogens is 482 g/mol. The fourth-order valence-electron chi connectivity index (χ4n) is 5.45. The first kappa shape index (κ1) is 21.7. The van der Waals surface area contributed by atoms with Crippen LogP contribution in [0.2, 0.25) is 5.02 Å². The Kier molecular flexibility index (Phi) is 5.02. The number of hydrogen-bond donors (Lipinski definition) is 2. The number of hydrogen-bond acceptors (Lipinski definition) is 8. The number of fused-ring (bicyclic) bond motifs is 4. The van der Waals surface area contributed by atoms with Gasteiger partial charge in [-0.3, -0.25) is 0 Å². The molecule has 2 fully saturated rings.